The van der Waals surface area contributed by atoms with Crippen LogP contribution in [-0.2, 0) is 0 Å². The van der Waals surface area contributed by atoms with E-state index >= 15 is 0 Å². The lowest BCUT2D eigenvalue weighted by atomic mass is 9.94. The molecule has 2 aromatic carbocycles. The number of nitrogens with one attached hydrogen (secondary N) is 1. The highest BCUT2D eigenvalue weighted by Crippen LogP contribution is 2.31. The van der Waals surface area contributed by atoms with Crippen molar-refractivity contribution in [3.63, 3.8) is 0 Å². The Morgan fingerprint density at radius 2 is 1.87 bits per heavy atom. The van der Waals surface area contributed by atoms with E-state index in [1.54, 1.807) is 0 Å². The van der Waals surface area contributed by atoms with Gasteiger partial charge in [0.1, 0.15) is 5.75 Å². The summed E-state index contributed by atoms with van der Waals surface area (Å²) >= 11 is 0. The Hall–Kier alpha value is -1.84. The summed E-state index contributed by atoms with van der Waals surface area (Å²) in [4.78, 5) is 0. The van der Waals surface area contributed by atoms with E-state index in [1.807, 2.05) is 12.1 Å². The summed E-state index contributed by atoms with van der Waals surface area (Å²) in [5.74, 6) is 1.33. The number of hydrogen-bond acceptors (Lipinski definition) is 3. The van der Waals surface area contributed by atoms with Crippen molar-refractivity contribution >= 4 is 0 Å². The zero-order chi connectivity index (χ0) is 15.9. The topological polar surface area (TPSA) is 41.5 Å². The van der Waals surface area contributed by atoms with Gasteiger partial charge in [-0.15, -0.1) is 0 Å². The predicted octanol–water partition coefficient (Wildman–Crippen LogP) is 3.66. The lowest BCUT2D eigenvalue weighted by molar-refractivity contribution is 0.271. The maximum atomic E-state index is 9.39. The molecule has 2 N–H and O–H groups in total. The lowest BCUT2D eigenvalue weighted by Gasteiger charge is -2.23. The summed E-state index contributed by atoms with van der Waals surface area (Å²) in [6.45, 7) is 1.86. The number of ether oxygens (including phenoxy) is 1. The van der Waals surface area contributed by atoms with Crippen LogP contribution in [-0.4, -0.2) is 24.9 Å². The molecular weight excluding hydrogens is 286 g/mol. The van der Waals surface area contributed by atoms with Gasteiger partial charge in [0, 0.05) is 24.8 Å². The first-order valence-corrected chi connectivity index (χ1v) is 8.49. The summed E-state index contributed by atoms with van der Waals surface area (Å²) in [5, 5.41) is 13.1. The molecule has 0 fully saturated rings. The van der Waals surface area contributed by atoms with Crippen molar-refractivity contribution in [3.05, 3.63) is 65.7 Å². The third kappa shape index (κ3) is 4.12. The van der Waals surface area contributed by atoms with Gasteiger partial charge >= 0.3 is 0 Å². The molecule has 23 heavy (non-hydrogen) atoms. The van der Waals surface area contributed by atoms with E-state index in [2.05, 4.69) is 47.8 Å². The van der Waals surface area contributed by atoms with E-state index < -0.39 is 0 Å². The highest BCUT2D eigenvalue weighted by atomic mass is 16.5. The Morgan fingerprint density at radius 1 is 1.09 bits per heavy atom. The normalized spacial score (nSPS) is 18.6. The first-order valence-electron chi connectivity index (χ1n) is 8.49. The van der Waals surface area contributed by atoms with Crippen LogP contribution in [0, 0.1) is 0 Å². The molecule has 0 aromatic heterocycles. The summed E-state index contributed by atoms with van der Waals surface area (Å²) < 4.78 is 5.84. The molecule has 2 unspecified atom stereocenters. The van der Waals surface area contributed by atoms with Crippen molar-refractivity contribution in [1.29, 1.82) is 0 Å². The second-order valence-electron chi connectivity index (χ2n) is 6.11. The minimum Gasteiger partial charge on any atom is -0.493 e. The van der Waals surface area contributed by atoms with Gasteiger partial charge in [0.25, 0.3) is 0 Å². The minimum atomic E-state index is 0.214. The molecule has 0 amide bonds. The molecule has 3 rings (SSSR count). The third-order valence-corrected chi connectivity index (χ3v) is 4.55. The van der Waals surface area contributed by atoms with E-state index in [-0.39, 0.29) is 6.61 Å². The minimum absolute atomic E-state index is 0.214. The van der Waals surface area contributed by atoms with E-state index in [4.69, 9.17) is 4.74 Å². The van der Waals surface area contributed by atoms with Gasteiger partial charge < -0.3 is 15.2 Å². The van der Waals surface area contributed by atoms with Crippen LogP contribution in [0.2, 0.25) is 0 Å². The highest BCUT2D eigenvalue weighted by molar-refractivity contribution is 5.36. The summed E-state index contributed by atoms with van der Waals surface area (Å²) in [6.07, 6.45) is 2.92. The molecule has 0 aliphatic carbocycles. The smallest absolute Gasteiger partial charge is 0.124 e. The van der Waals surface area contributed by atoms with Gasteiger partial charge in [0.2, 0.25) is 0 Å². The summed E-state index contributed by atoms with van der Waals surface area (Å²) in [6, 6.07) is 19.1. The fraction of sp³-hybridized carbons (Fsp3) is 0.400. The molecule has 0 radical (unpaired) electrons. The molecule has 0 saturated heterocycles. The first-order chi connectivity index (χ1) is 11.4. The number of hydrogen-bond donors (Lipinski definition) is 2. The molecule has 0 spiro atoms. The maximum absolute atomic E-state index is 9.39. The average molecular weight is 311 g/mol. The van der Waals surface area contributed by atoms with Crippen LogP contribution in [0.3, 0.4) is 0 Å². The molecule has 1 heterocycles. The molecule has 0 bridgehead atoms. The van der Waals surface area contributed by atoms with Gasteiger partial charge in [-0.1, -0.05) is 48.5 Å². The van der Waals surface area contributed by atoms with Crippen LogP contribution in [0.4, 0.5) is 0 Å². The molecule has 3 heteroatoms. The number of aliphatic hydroxyl groups excluding tert-OH is 1. The molecular formula is C20H25NO2. The van der Waals surface area contributed by atoms with Crippen molar-refractivity contribution in [2.75, 3.05) is 19.8 Å². The average Bonchev–Trinajstić information content (AvgIpc) is 2.82. The van der Waals surface area contributed by atoms with Crippen molar-refractivity contribution < 1.29 is 9.84 Å². The number of rotatable bonds is 6. The fourth-order valence-electron chi connectivity index (χ4n) is 3.29. The second-order valence-corrected chi connectivity index (χ2v) is 6.11. The second kappa shape index (κ2) is 8.14. The van der Waals surface area contributed by atoms with Crippen LogP contribution in [0.25, 0.3) is 0 Å². The molecule has 122 valence electrons. The Balaban J connectivity index is 1.71. The van der Waals surface area contributed by atoms with E-state index in [0.717, 1.165) is 38.2 Å². The van der Waals surface area contributed by atoms with Crippen LogP contribution in [0.5, 0.6) is 5.75 Å². The van der Waals surface area contributed by atoms with Gasteiger partial charge in [0.05, 0.1) is 6.61 Å². The predicted molar refractivity (Wildman–Crippen MR) is 92.8 cm³/mol. The fourth-order valence-corrected chi connectivity index (χ4v) is 3.29. The van der Waals surface area contributed by atoms with Crippen LogP contribution in [0.15, 0.2) is 54.6 Å². The Kier molecular flexibility index (Phi) is 5.67. The van der Waals surface area contributed by atoms with Crippen LogP contribution in [0.1, 0.15) is 42.3 Å². The molecule has 1 aliphatic heterocycles. The number of benzene rings is 2. The zero-order valence-electron chi connectivity index (χ0n) is 13.4. The Bertz CT molecular complexity index is 600. The number of para-hydroxylation sites is 1. The van der Waals surface area contributed by atoms with Crippen LogP contribution >= 0.6 is 0 Å². The van der Waals surface area contributed by atoms with Gasteiger partial charge in [0.15, 0.2) is 0 Å². The van der Waals surface area contributed by atoms with Crippen molar-refractivity contribution in [2.24, 2.45) is 0 Å². The summed E-state index contributed by atoms with van der Waals surface area (Å²) in [7, 11) is 0. The van der Waals surface area contributed by atoms with E-state index in [0.29, 0.717) is 12.0 Å². The highest BCUT2D eigenvalue weighted by Gasteiger charge is 2.20. The number of fused-ring (bicyclic) bond motifs is 1. The van der Waals surface area contributed by atoms with Gasteiger partial charge in [-0.2, -0.15) is 0 Å². The van der Waals surface area contributed by atoms with Crippen molar-refractivity contribution in [1.82, 2.24) is 5.32 Å². The lowest BCUT2D eigenvalue weighted by Crippen LogP contribution is -2.27. The quantitative estimate of drug-likeness (QED) is 0.855. The third-order valence-electron chi connectivity index (χ3n) is 4.55. The SMILES string of the molecule is OCCC(CNC1CCCOc2ccccc21)c1ccccc1. The first kappa shape index (κ1) is 16.0. The zero-order valence-corrected chi connectivity index (χ0v) is 13.4. The van der Waals surface area contributed by atoms with Gasteiger partial charge in [-0.05, 0) is 36.8 Å². The van der Waals surface area contributed by atoms with Crippen molar-refractivity contribution in [3.8, 4) is 5.75 Å². The molecule has 2 aromatic rings. The standard InChI is InChI=1S/C20H25NO2/c22-13-12-17(16-7-2-1-3-8-16)15-21-19-10-6-14-23-20-11-5-4-9-18(19)20/h1-5,7-9,11,17,19,21-22H,6,10,12-15H2. The Morgan fingerprint density at radius 3 is 2.70 bits per heavy atom. The molecule has 1 aliphatic rings. The summed E-state index contributed by atoms with van der Waals surface area (Å²) in [5.41, 5.74) is 2.54. The maximum Gasteiger partial charge on any atom is 0.124 e. The largest absolute Gasteiger partial charge is 0.493 e. The van der Waals surface area contributed by atoms with Crippen LogP contribution < -0.4 is 10.1 Å². The van der Waals surface area contributed by atoms with E-state index in [9.17, 15) is 5.11 Å². The van der Waals surface area contributed by atoms with Crippen molar-refractivity contribution in [2.45, 2.75) is 31.2 Å². The Labute approximate surface area is 138 Å². The molecule has 2 atom stereocenters. The monoisotopic (exact) mass is 311 g/mol. The van der Waals surface area contributed by atoms with Gasteiger partial charge in [-0.3, -0.25) is 0 Å². The number of aliphatic hydroxyl groups is 1. The molecule has 3 nitrogen and oxygen atoms in total. The van der Waals surface area contributed by atoms with Gasteiger partial charge in [-0.25, -0.2) is 0 Å². The molecule has 0 saturated carbocycles. The van der Waals surface area contributed by atoms with E-state index in [1.165, 1.54) is 11.1 Å².